The zero-order chi connectivity index (χ0) is 13.9. The van der Waals surface area contributed by atoms with Crippen molar-refractivity contribution in [3.05, 3.63) is 34.6 Å². The van der Waals surface area contributed by atoms with Crippen LogP contribution in [-0.4, -0.2) is 27.1 Å². The Kier molecular flexibility index (Phi) is 3.95. The minimum absolute atomic E-state index is 0.0682. The van der Waals surface area contributed by atoms with Crippen LogP contribution in [-0.2, 0) is 6.54 Å². The summed E-state index contributed by atoms with van der Waals surface area (Å²) in [6.45, 7) is 7.79. The number of hydrogen-bond donors (Lipinski definition) is 1. The molecule has 0 saturated heterocycles. The summed E-state index contributed by atoms with van der Waals surface area (Å²) < 4.78 is 1.44. The Morgan fingerprint density at radius 2 is 2.00 bits per heavy atom. The fraction of sp³-hybridized carbons (Fsp3) is 0.500. The topological polar surface area (TPSA) is 59.8 Å². The van der Waals surface area contributed by atoms with Crippen LogP contribution in [0.2, 0.25) is 0 Å². The Morgan fingerprint density at radius 1 is 1.26 bits per heavy atom. The number of rotatable bonds is 4. The number of aryl methyl sites for hydroxylation is 1. The van der Waals surface area contributed by atoms with Gasteiger partial charge in [-0.05, 0) is 45.9 Å². The van der Waals surface area contributed by atoms with E-state index in [1.54, 1.807) is 12.1 Å². The van der Waals surface area contributed by atoms with Gasteiger partial charge < -0.3 is 5.32 Å². The van der Waals surface area contributed by atoms with Gasteiger partial charge in [-0.25, -0.2) is 4.68 Å². The Morgan fingerprint density at radius 3 is 2.74 bits per heavy atom. The Hall–Kier alpha value is -1.75. The third-order valence-corrected chi connectivity index (χ3v) is 2.83. The van der Waals surface area contributed by atoms with Crippen molar-refractivity contribution in [2.24, 2.45) is 0 Å². The minimum atomic E-state index is -0.0682. The molecule has 0 aliphatic rings. The summed E-state index contributed by atoms with van der Waals surface area (Å²) in [5, 5.41) is 12.0. The molecule has 1 aromatic heterocycles. The van der Waals surface area contributed by atoms with Crippen LogP contribution < -0.4 is 10.9 Å². The van der Waals surface area contributed by atoms with Gasteiger partial charge in [-0.15, -0.1) is 5.10 Å². The van der Waals surface area contributed by atoms with Crippen molar-refractivity contribution in [1.82, 2.24) is 20.3 Å². The fourth-order valence-electron chi connectivity index (χ4n) is 1.86. The van der Waals surface area contributed by atoms with Gasteiger partial charge in [0.15, 0.2) is 0 Å². The highest BCUT2D eigenvalue weighted by atomic mass is 16.1. The summed E-state index contributed by atoms with van der Waals surface area (Å²) in [6.07, 6.45) is 0.851. The molecule has 0 bridgehead atoms. The van der Waals surface area contributed by atoms with Crippen molar-refractivity contribution in [2.45, 2.75) is 39.3 Å². The first-order chi connectivity index (χ1) is 8.97. The van der Waals surface area contributed by atoms with Gasteiger partial charge in [-0.2, -0.15) is 0 Å². The molecule has 1 aromatic carbocycles. The molecule has 5 heteroatoms. The molecule has 0 atom stereocenters. The molecule has 2 aromatic rings. The van der Waals surface area contributed by atoms with Crippen LogP contribution in [0, 0.1) is 0 Å². The van der Waals surface area contributed by atoms with E-state index in [1.165, 1.54) is 4.68 Å². The van der Waals surface area contributed by atoms with E-state index in [-0.39, 0.29) is 11.1 Å². The van der Waals surface area contributed by atoms with E-state index >= 15 is 0 Å². The molecular formula is C14H20N4O. The molecule has 0 aliphatic heterocycles. The Balaban J connectivity index is 2.06. The van der Waals surface area contributed by atoms with Crippen LogP contribution in [0.1, 0.15) is 27.2 Å². The van der Waals surface area contributed by atoms with Crippen LogP contribution in [0.5, 0.6) is 0 Å². The van der Waals surface area contributed by atoms with Gasteiger partial charge in [-0.1, -0.05) is 17.3 Å². The van der Waals surface area contributed by atoms with E-state index in [4.69, 9.17) is 0 Å². The molecule has 0 aliphatic carbocycles. The molecule has 102 valence electrons. The number of benzene rings is 1. The van der Waals surface area contributed by atoms with E-state index in [1.807, 2.05) is 12.1 Å². The molecule has 0 saturated carbocycles. The maximum atomic E-state index is 12.2. The van der Waals surface area contributed by atoms with E-state index in [9.17, 15) is 4.79 Å². The van der Waals surface area contributed by atoms with Crippen LogP contribution in [0.4, 0.5) is 0 Å². The van der Waals surface area contributed by atoms with E-state index in [0.717, 1.165) is 13.0 Å². The number of aromatic nitrogens is 3. The van der Waals surface area contributed by atoms with Crippen molar-refractivity contribution >= 4 is 10.9 Å². The van der Waals surface area contributed by atoms with Crippen molar-refractivity contribution in [3.8, 4) is 0 Å². The van der Waals surface area contributed by atoms with Crippen LogP contribution >= 0.6 is 0 Å². The second kappa shape index (κ2) is 5.48. The smallest absolute Gasteiger partial charge is 0.277 e. The highest BCUT2D eigenvalue weighted by Crippen LogP contribution is 2.03. The number of hydrogen-bond acceptors (Lipinski definition) is 4. The summed E-state index contributed by atoms with van der Waals surface area (Å²) in [5.74, 6) is 0. The average Bonchev–Trinajstić information content (AvgIpc) is 2.36. The van der Waals surface area contributed by atoms with E-state index in [0.29, 0.717) is 17.4 Å². The first kappa shape index (κ1) is 13.7. The molecule has 0 unspecified atom stereocenters. The van der Waals surface area contributed by atoms with Crippen molar-refractivity contribution < 1.29 is 0 Å². The van der Waals surface area contributed by atoms with Gasteiger partial charge in [-0.3, -0.25) is 4.79 Å². The van der Waals surface area contributed by atoms with Crippen molar-refractivity contribution in [1.29, 1.82) is 0 Å². The number of nitrogens with one attached hydrogen (secondary N) is 1. The molecule has 0 spiro atoms. The molecule has 19 heavy (non-hydrogen) atoms. The molecule has 1 N–H and O–H groups in total. The first-order valence-corrected chi connectivity index (χ1v) is 6.55. The summed E-state index contributed by atoms with van der Waals surface area (Å²) in [4.78, 5) is 12.2. The summed E-state index contributed by atoms with van der Waals surface area (Å²) >= 11 is 0. The van der Waals surface area contributed by atoms with E-state index in [2.05, 4.69) is 36.4 Å². The van der Waals surface area contributed by atoms with Gasteiger partial charge in [0.1, 0.15) is 5.52 Å². The molecule has 0 amide bonds. The first-order valence-electron chi connectivity index (χ1n) is 6.55. The SMILES string of the molecule is CC(C)(C)NCCCn1nnc2ccccc2c1=O. The monoisotopic (exact) mass is 260 g/mol. The van der Waals surface area contributed by atoms with Gasteiger partial charge >= 0.3 is 0 Å². The number of fused-ring (bicyclic) bond motifs is 1. The largest absolute Gasteiger partial charge is 0.312 e. The normalized spacial score (nSPS) is 11.9. The highest BCUT2D eigenvalue weighted by Gasteiger charge is 2.08. The highest BCUT2D eigenvalue weighted by molar-refractivity contribution is 5.76. The Bertz CT molecular complexity index is 613. The lowest BCUT2D eigenvalue weighted by Gasteiger charge is -2.20. The third-order valence-electron chi connectivity index (χ3n) is 2.83. The van der Waals surface area contributed by atoms with Gasteiger partial charge in [0.25, 0.3) is 5.56 Å². The third kappa shape index (κ3) is 3.61. The summed E-state index contributed by atoms with van der Waals surface area (Å²) in [6, 6.07) is 7.29. The quantitative estimate of drug-likeness (QED) is 0.848. The van der Waals surface area contributed by atoms with Crippen LogP contribution in [0.3, 0.4) is 0 Å². The molecule has 1 heterocycles. The number of nitrogens with zero attached hydrogens (tertiary/aromatic N) is 3. The Labute approximate surface area is 112 Å². The standard InChI is InChI=1S/C14H20N4O/c1-14(2,3)15-9-6-10-18-13(19)11-7-4-5-8-12(11)16-17-18/h4-5,7-8,15H,6,9-10H2,1-3H3. The minimum Gasteiger partial charge on any atom is -0.312 e. The van der Waals surface area contributed by atoms with Gasteiger partial charge in [0.05, 0.1) is 5.39 Å². The molecule has 0 fully saturated rings. The maximum Gasteiger partial charge on any atom is 0.277 e. The zero-order valence-electron chi connectivity index (χ0n) is 11.7. The average molecular weight is 260 g/mol. The van der Waals surface area contributed by atoms with Crippen molar-refractivity contribution in [3.63, 3.8) is 0 Å². The lowest BCUT2D eigenvalue weighted by Crippen LogP contribution is -2.37. The van der Waals surface area contributed by atoms with Gasteiger partial charge in [0.2, 0.25) is 0 Å². The molecule has 5 nitrogen and oxygen atoms in total. The lowest BCUT2D eigenvalue weighted by atomic mass is 10.1. The second-order valence-electron chi connectivity index (χ2n) is 5.67. The zero-order valence-corrected chi connectivity index (χ0v) is 11.7. The lowest BCUT2D eigenvalue weighted by molar-refractivity contribution is 0.404. The van der Waals surface area contributed by atoms with Crippen LogP contribution in [0.25, 0.3) is 10.9 Å². The predicted octanol–water partition coefficient (Wildman–Crippen LogP) is 1.57. The molecular weight excluding hydrogens is 240 g/mol. The van der Waals surface area contributed by atoms with Crippen molar-refractivity contribution in [2.75, 3.05) is 6.54 Å². The summed E-state index contributed by atoms with van der Waals surface area (Å²) in [7, 11) is 0. The molecule has 2 rings (SSSR count). The van der Waals surface area contributed by atoms with Gasteiger partial charge in [0, 0.05) is 12.1 Å². The second-order valence-corrected chi connectivity index (χ2v) is 5.67. The van der Waals surface area contributed by atoms with Crippen LogP contribution in [0.15, 0.2) is 29.1 Å². The molecule has 0 radical (unpaired) electrons. The summed E-state index contributed by atoms with van der Waals surface area (Å²) in [5.41, 5.74) is 0.679. The maximum absolute atomic E-state index is 12.2. The van der Waals surface area contributed by atoms with E-state index < -0.39 is 0 Å². The fourth-order valence-corrected chi connectivity index (χ4v) is 1.86. The predicted molar refractivity (Wildman–Crippen MR) is 76.2 cm³/mol.